The number of carbonyl (C=O) groups excluding carboxylic acids is 3. The number of ether oxygens (including phenoxy) is 1. The van der Waals surface area contributed by atoms with Crippen molar-refractivity contribution in [3.8, 4) is 5.75 Å². The van der Waals surface area contributed by atoms with Crippen molar-refractivity contribution in [3.05, 3.63) is 94.5 Å². The number of para-hydroxylation sites is 2. The molecule has 2 aliphatic heterocycles. The van der Waals surface area contributed by atoms with Crippen molar-refractivity contribution in [2.45, 2.75) is 44.6 Å². The number of unbranched alkanes of at least 4 members (excludes halogenated alkanes) is 2. The summed E-state index contributed by atoms with van der Waals surface area (Å²) in [6.07, 6.45) is 4.41. The van der Waals surface area contributed by atoms with Crippen molar-refractivity contribution in [2.24, 2.45) is 0 Å². The Morgan fingerprint density at radius 3 is 2.38 bits per heavy atom. The third kappa shape index (κ3) is 9.22. The second-order valence-electron chi connectivity index (χ2n) is 11.6. The van der Waals surface area contributed by atoms with E-state index in [1.807, 2.05) is 71.6 Å². The lowest BCUT2D eigenvalue weighted by atomic mass is 9.86. The molecular formula is C35H42ClN5O4. The molecule has 0 bridgehead atoms. The SMILES string of the molecule is O=C(NCCCCCNC(=O)c1cc(Cl)ccc1C1CCN(CCN2C(=O)COc3ccccc32)CC1)NCc1ccccc1. The molecule has 9 nitrogen and oxygen atoms in total. The number of nitrogens with one attached hydrogen (secondary N) is 3. The second kappa shape index (κ2) is 16.3. The number of halogens is 1. The van der Waals surface area contributed by atoms with Crippen molar-refractivity contribution in [1.82, 2.24) is 20.9 Å². The van der Waals surface area contributed by atoms with Gasteiger partial charge in [0.25, 0.3) is 11.8 Å². The molecule has 1 saturated heterocycles. The van der Waals surface area contributed by atoms with E-state index < -0.39 is 0 Å². The van der Waals surface area contributed by atoms with Gasteiger partial charge in [0.1, 0.15) is 5.75 Å². The largest absolute Gasteiger partial charge is 0.482 e. The first-order chi connectivity index (χ1) is 22.0. The minimum Gasteiger partial charge on any atom is -0.482 e. The van der Waals surface area contributed by atoms with Gasteiger partial charge in [0.05, 0.1) is 5.69 Å². The second-order valence-corrected chi connectivity index (χ2v) is 12.0. The summed E-state index contributed by atoms with van der Waals surface area (Å²) < 4.78 is 5.57. The summed E-state index contributed by atoms with van der Waals surface area (Å²) in [5.41, 5.74) is 3.58. The van der Waals surface area contributed by atoms with E-state index in [1.165, 1.54) is 0 Å². The fourth-order valence-electron chi connectivity index (χ4n) is 5.96. The average molecular weight is 632 g/mol. The molecule has 3 N–H and O–H groups in total. The highest BCUT2D eigenvalue weighted by Crippen LogP contribution is 2.33. The Hall–Kier alpha value is -4.08. The van der Waals surface area contributed by atoms with E-state index in [2.05, 4.69) is 20.9 Å². The third-order valence-electron chi connectivity index (χ3n) is 8.46. The van der Waals surface area contributed by atoms with Crippen LogP contribution in [0.2, 0.25) is 5.02 Å². The monoisotopic (exact) mass is 631 g/mol. The van der Waals surface area contributed by atoms with Crippen LogP contribution in [0, 0.1) is 0 Å². The highest BCUT2D eigenvalue weighted by Gasteiger charge is 2.28. The minimum absolute atomic E-state index is 0.0148. The molecule has 2 aliphatic rings. The van der Waals surface area contributed by atoms with Gasteiger partial charge in [-0.3, -0.25) is 9.59 Å². The highest BCUT2D eigenvalue weighted by atomic mass is 35.5. The standard InChI is InChI=1S/C35H42ClN5O4/c36-28-13-14-29(27-15-19-40(20-16-27)21-22-41-31-11-5-6-12-32(31)45-25-33(41)42)30(23-28)34(43)37-17-7-2-8-18-38-35(44)39-24-26-9-3-1-4-10-26/h1,3-6,9-14,23,27H,2,7-8,15-22,24-25H2,(H,37,43)(H2,38,39,44). The van der Waals surface area contributed by atoms with Gasteiger partial charge in [-0.15, -0.1) is 0 Å². The number of hydrogen-bond acceptors (Lipinski definition) is 5. The first-order valence-electron chi connectivity index (χ1n) is 15.9. The van der Waals surface area contributed by atoms with Gasteiger partial charge in [-0.2, -0.15) is 0 Å². The zero-order chi connectivity index (χ0) is 31.4. The number of piperidine rings is 1. The van der Waals surface area contributed by atoms with Crippen molar-refractivity contribution < 1.29 is 19.1 Å². The molecule has 3 aromatic rings. The first kappa shape index (κ1) is 32.3. The van der Waals surface area contributed by atoms with E-state index in [-0.39, 0.29) is 30.4 Å². The Morgan fingerprint density at radius 2 is 1.58 bits per heavy atom. The summed E-state index contributed by atoms with van der Waals surface area (Å²) in [6.45, 7) is 4.92. The van der Waals surface area contributed by atoms with Gasteiger partial charge in [0, 0.05) is 43.3 Å². The molecule has 0 aliphatic carbocycles. The Kier molecular flexibility index (Phi) is 11.7. The number of rotatable bonds is 13. The maximum atomic E-state index is 13.2. The van der Waals surface area contributed by atoms with Crippen LogP contribution in [0.15, 0.2) is 72.8 Å². The zero-order valence-electron chi connectivity index (χ0n) is 25.6. The zero-order valence-corrected chi connectivity index (χ0v) is 26.4. The van der Waals surface area contributed by atoms with Crippen LogP contribution >= 0.6 is 11.6 Å². The van der Waals surface area contributed by atoms with Crippen LogP contribution in [0.4, 0.5) is 10.5 Å². The molecule has 10 heteroatoms. The lowest BCUT2D eigenvalue weighted by molar-refractivity contribution is -0.121. The summed E-state index contributed by atoms with van der Waals surface area (Å²) in [6, 6.07) is 22.9. The van der Waals surface area contributed by atoms with Gasteiger partial charge in [0.15, 0.2) is 6.61 Å². The van der Waals surface area contributed by atoms with Crippen molar-refractivity contribution in [2.75, 3.05) is 50.8 Å². The predicted octanol–water partition coefficient (Wildman–Crippen LogP) is 5.34. The van der Waals surface area contributed by atoms with E-state index >= 15 is 0 Å². The molecule has 0 spiro atoms. The molecule has 0 radical (unpaired) electrons. The molecule has 0 atom stereocenters. The Morgan fingerprint density at radius 1 is 0.844 bits per heavy atom. The lowest BCUT2D eigenvalue weighted by Gasteiger charge is -2.35. The number of urea groups is 1. The number of benzene rings is 3. The summed E-state index contributed by atoms with van der Waals surface area (Å²) >= 11 is 6.32. The Bertz CT molecular complexity index is 1440. The fourth-order valence-corrected chi connectivity index (χ4v) is 6.13. The number of nitrogens with zero attached hydrogens (tertiary/aromatic N) is 2. The van der Waals surface area contributed by atoms with Crippen molar-refractivity contribution in [1.29, 1.82) is 0 Å². The van der Waals surface area contributed by atoms with Gasteiger partial charge in [0.2, 0.25) is 0 Å². The normalized spacial score (nSPS) is 15.2. The number of fused-ring (bicyclic) bond motifs is 1. The summed E-state index contributed by atoms with van der Waals surface area (Å²) in [5, 5.41) is 9.36. The number of carbonyl (C=O) groups is 3. The molecule has 5 rings (SSSR count). The number of hydrogen-bond donors (Lipinski definition) is 3. The Balaban J connectivity index is 1.01. The summed E-state index contributed by atoms with van der Waals surface area (Å²) in [7, 11) is 0. The maximum Gasteiger partial charge on any atom is 0.315 e. The molecule has 0 unspecified atom stereocenters. The van der Waals surface area contributed by atoms with E-state index in [0.717, 1.165) is 74.3 Å². The quantitative estimate of drug-likeness (QED) is 0.221. The number of likely N-dealkylation sites (tertiary alicyclic amines) is 1. The molecule has 1 fully saturated rings. The van der Waals surface area contributed by atoms with Gasteiger partial charge in [-0.25, -0.2) is 4.79 Å². The van der Waals surface area contributed by atoms with E-state index in [1.54, 1.807) is 6.07 Å². The van der Waals surface area contributed by atoms with Gasteiger partial charge in [-0.05, 0) is 86.5 Å². The first-order valence-corrected chi connectivity index (χ1v) is 16.2. The lowest BCUT2D eigenvalue weighted by Crippen LogP contribution is -2.45. The molecule has 45 heavy (non-hydrogen) atoms. The van der Waals surface area contributed by atoms with Crippen LogP contribution in [0.5, 0.6) is 5.75 Å². The Labute approximate surface area is 270 Å². The van der Waals surface area contributed by atoms with E-state index in [0.29, 0.717) is 36.8 Å². The van der Waals surface area contributed by atoms with Crippen molar-refractivity contribution >= 4 is 35.1 Å². The van der Waals surface area contributed by atoms with E-state index in [4.69, 9.17) is 16.3 Å². The van der Waals surface area contributed by atoms with Crippen LogP contribution < -0.4 is 25.6 Å². The minimum atomic E-state index is -0.176. The molecule has 2 heterocycles. The smallest absolute Gasteiger partial charge is 0.315 e. The predicted molar refractivity (Wildman–Crippen MR) is 177 cm³/mol. The topological polar surface area (TPSA) is 103 Å². The molecule has 0 saturated carbocycles. The summed E-state index contributed by atoms with van der Waals surface area (Å²) in [4.78, 5) is 42.0. The molecular weight excluding hydrogens is 590 g/mol. The van der Waals surface area contributed by atoms with Crippen LogP contribution in [-0.2, 0) is 11.3 Å². The molecule has 3 aromatic carbocycles. The highest BCUT2D eigenvalue weighted by molar-refractivity contribution is 6.31. The maximum absolute atomic E-state index is 13.2. The molecule has 0 aromatic heterocycles. The van der Waals surface area contributed by atoms with Gasteiger partial charge in [-0.1, -0.05) is 60.1 Å². The fraction of sp³-hybridized carbons (Fsp3) is 0.400. The summed E-state index contributed by atoms with van der Waals surface area (Å²) in [5.74, 6) is 0.904. The molecule has 4 amide bonds. The number of amides is 4. The third-order valence-corrected chi connectivity index (χ3v) is 8.69. The average Bonchev–Trinajstić information content (AvgIpc) is 3.07. The van der Waals surface area contributed by atoms with Crippen LogP contribution in [-0.4, -0.2) is 68.6 Å². The number of anilines is 1. The molecule has 238 valence electrons. The van der Waals surface area contributed by atoms with E-state index in [9.17, 15) is 14.4 Å². The van der Waals surface area contributed by atoms with Crippen molar-refractivity contribution in [3.63, 3.8) is 0 Å². The van der Waals surface area contributed by atoms with Crippen LogP contribution in [0.1, 0.15) is 59.5 Å². The van der Waals surface area contributed by atoms with Crippen LogP contribution in [0.3, 0.4) is 0 Å². The van der Waals surface area contributed by atoms with Crippen LogP contribution in [0.25, 0.3) is 0 Å². The van der Waals surface area contributed by atoms with Gasteiger partial charge < -0.3 is 30.5 Å². The van der Waals surface area contributed by atoms with Gasteiger partial charge >= 0.3 is 6.03 Å².